The molecular formula is C25H30N2O2. The molecule has 1 aliphatic heterocycles. The van der Waals surface area contributed by atoms with Gasteiger partial charge in [-0.2, -0.15) is 0 Å². The summed E-state index contributed by atoms with van der Waals surface area (Å²) >= 11 is 0. The number of benzene rings is 2. The summed E-state index contributed by atoms with van der Waals surface area (Å²) in [4.78, 5) is 2.54. The lowest BCUT2D eigenvalue weighted by Crippen LogP contribution is -2.29. The molecule has 1 aromatic heterocycles. The lowest BCUT2D eigenvalue weighted by molar-refractivity contribution is 0.219. The Bertz CT molecular complexity index is 946. The summed E-state index contributed by atoms with van der Waals surface area (Å²) in [6.07, 6.45) is 4.36. The predicted octanol–water partition coefficient (Wildman–Crippen LogP) is 5.15. The van der Waals surface area contributed by atoms with Crippen molar-refractivity contribution < 1.29 is 9.84 Å². The van der Waals surface area contributed by atoms with Crippen molar-refractivity contribution in [2.24, 2.45) is 0 Å². The quantitative estimate of drug-likeness (QED) is 0.632. The van der Waals surface area contributed by atoms with Crippen molar-refractivity contribution in [3.05, 3.63) is 83.2 Å². The van der Waals surface area contributed by atoms with E-state index in [0.717, 1.165) is 38.0 Å². The molecular weight excluding hydrogens is 360 g/mol. The molecule has 3 aromatic rings. The van der Waals surface area contributed by atoms with Gasteiger partial charge in [0, 0.05) is 31.5 Å². The number of aromatic nitrogens is 1. The molecule has 152 valence electrons. The first-order valence-electron chi connectivity index (χ1n) is 10.6. The molecule has 2 aromatic carbocycles. The van der Waals surface area contributed by atoms with Crippen molar-refractivity contribution in [1.29, 1.82) is 0 Å². The molecule has 0 aliphatic carbocycles. The first-order chi connectivity index (χ1) is 14.2. The third-order valence-electron chi connectivity index (χ3n) is 5.77. The first-order valence-corrected chi connectivity index (χ1v) is 10.6. The third-order valence-corrected chi connectivity index (χ3v) is 5.77. The largest absolute Gasteiger partial charge is 0.504 e. The zero-order chi connectivity index (χ0) is 20.2. The molecule has 1 aliphatic rings. The van der Waals surface area contributed by atoms with Gasteiger partial charge in [0.15, 0.2) is 11.5 Å². The van der Waals surface area contributed by atoms with Crippen LogP contribution < -0.4 is 4.74 Å². The number of rotatable bonds is 6. The number of hydrogen-bond acceptors (Lipinski definition) is 3. The summed E-state index contributed by atoms with van der Waals surface area (Å²) in [6.45, 7) is 7.55. The topological polar surface area (TPSA) is 37.6 Å². The van der Waals surface area contributed by atoms with E-state index in [1.165, 1.54) is 16.8 Å². The van der Waals surface area contributed by atoms with E-state index < -0.39 is 0 Å². The van der Waals surface area contributed by atoms with Crippen LogP contribution in [0.2, 0.25) is 0 Å². The number of nitrogens with zero attached hydrogens (tertiary/aromatic N) is 2. The molecule has 0 fully saturated rings. The maximum atomic E-state index is 10.1. The van der Waals surface area contributed by atoms with E-state index in [1.807, 2.05) is 19.1 Å². The minimum Gasteiger partial charge on any atom is -0.504 e. The third kappa shape index (κ3) is 4.18. The fourth-order valence-corrected chi connectivity index (χ4v) is 4.29. The summed E-state index contributed by atoms with van der Waals surface area (Å²) in [7, 11) is 0. The number of aryl methyl sites for hydroxylation is 2. The van der Waals surface area contributed by atoms with Gasteiger partial charge in [0.25, 0.3) is 0 Å². The second kappa shape index (κ2) is 8.75. The smallest absolute Gasteiger partial charge is 0.161 e. The Morgan fingerprint density at radius 3 is 2.55 bits per heavy atom. The number of ether oxygens (including phenoxy) is 1. The molecule has 2 heterocycles. The summed E-state index contributed by atoms with van der Waals surface area (Å²) in [5, 5.41) is 10.1. The van der Waals surface area contributed by atoms with E-state index >= 15 is 0 Å². The minimum atomic E-state index is 0.201. The van der Waals surface area contributed by atoms with Gasteiger partial charge in [-0.05, 0) is 60.7 Å². The maximum absolute atomic E-state index is 10.1. The molecule has 1 atom stereocenters. The molecule has 1 N–H and O–H groups in total. The van der Waals surface area contributed by atoms with Gasteiger partial charge in [-0.1, -0.05) is 37.3 Å². The summed E-state index contributed by atoms with van der Waals surface area (Å²) in [5.74, 6) is 0.763. The predicted molar refractivity (Wildman–Crippen MR) is 116 cm³/mol. The minimum absolute atomic E-state index is 0.201. The van der Waals surface area contributed by atoms with Crippen LogP contribution in [0.5, 0.6) is 11.5 Å². The van der Waals surface area contributed by atoms with E-state index in [9.17, 15) is 5.11 Å². The Morgan fingerprint density at radius 1 is 1.00 bits per heavy atom. The van der Waals surface area contributed by atoms with Crippen molar-refractivity contribution >= 4 is 0 Å². The highest BCUT2D eigenvalue weighted by Gasteiger charge is 2.27. The Kier molecular flexibility index (Phi) is 5.91. The molecule has 4 nitrogen and oxygen atoms in total. The summed E-state index contributed by atoms with van der Waals surface area (Å²) in [5.41, 5.74) is 5.19. The molecule has 29 heavy (non-hydrogen) atoms. The van der Waals surface area contributed by atoms with Crippen LogP contribution in [0.4, 0.5) is 0 Å². The van der Waals surface area contributed by atoms with Gasteiger partial charge < -0.3 is 14.4 Å². The summed E-state index contributed by atoms with van der Waals surface area (Å²) < 4.78 is 7.99. The molecule has 0 spiro atoms. The maximum Gasteiger partial charge on any atom is 0.161 e. The highest BCUT2D eigenvalue weighted by Crippen LogP contribution is 2.34. The molecule has 1 unspecified atom stereocenters. The van der Waals surface area contributed by atoms with Crippen LogP contribution in [-0.2, 0) is 19.5 Å². The van der Waals surface area contributed by atoms with Gasteiger partial charge in [-0.25, -0.2) is 0 Å². The number of phenolic OH excluding ortho intramolecular Hbond substituents is 1. The molecule has 4 heteroatoms. The van der Waals surface area contributed by atoms with Gasteiger partial charge in [0.05, 0.1) is 12.6 Å². The van der Waals surface area contributed by atoms with Crippen LogP contribution in [0.1, 0.15) is 48.7 Å². The van der Waals surface area contributed by atoms with Crippen LogP contribution in [0.3, 0.4) is 0 Å². The van der Waals surface area contributed by atoms with Crippen molar-refractivity contribution in [3.63, 3.8) is 0 Å². The lowest BCUT2D eigenvalue weighted by atomic mass is 9.99. The normalized spacial score (nSPS) is 17.0. The second-order valence-corrected chi connectivity index (χ2v) is 7.68. The zero-order valence-corrected chi connectivity index (χ0v) is 17.3. The van der Waals surface area contributed by atoms with E-state index in [1.54, 1.807) is 6.07 Å². The molecule has 0 amide bonds. The lowest BCUT2D eigenvalue weighted by Gasteiger charge is -2.31. The van der Waals surface area contributed by atoms with Crippen molar-refractivity contribution in [2.75, 3.05) is 13.2 Å². The van der Waals surface area contributed by atoms with Crippen molar-refractivity contribution in [2.45, 2.75) is 45.8 Å². The zero-order valence-electron chi connectivity index (χ0n) is 17.3. The standard InChI is InChI=1S/C25H30N2O2/c1-3-19-8-11-21(12-9-19)25-22-7-5-14-26(22)15-6-16-27(25)18-20-10-13-23(28)24(17-20)29-4-2/h5,7-14,17,25,28H,3-4,6,15-16,18H2,1-2H3. The first kappa shape index (κ1) is 19.6. The van der Waals surface area contributed by atoms with E-state index in [0.29, 0.717) is 12.4 Å². The van der Waals surface area contributed by atoms with Gasteiger partial charge >= 0.3 is 0 Å². The number of fused-ring (bicyclic) bond motifs is 1. The number of hydrogen-bond donors (Lipinski definition) is 1. The number of phenols is 1. The van der Waals surface area contributed by atoms with E-state index in [4.69, 9.17) is 4.74 Å². The fraction of sp³-hybridized carbons (Fsp3) is 0.360. The van der Waals surface area contributed by atoms with E-state index in [2.05, 4.69) is 59.0 Å². The van der Waals surface area contributed by atoms with Gasteiger partial charge in [-0.3, -0.25) is 4.90 Å². The van der Waals surface area contributed by atoms with E-state index in [-0.39, 0.29) is 11.8 Å². The summed E-state index contributed by atoms with van der Waals surface area (Å²) in [6, 6.07) is 19.4. The molecule has 4 rings (SSSR count). The fourth-order valence-electron chi connectivity index (χ4n) is 4.29. The van der Waals surface area contributed by atoms with Gasteiger partial charge in [0.2, 0.25) is 0 Å². The monoisotopic (exact) mass is 390 g/mol. The average Bonchev–Trinajstić information content (AvgIpc) is 3.12. The van der Waals surface area contributed by atoms with Crippen molar-refractivity contribution in [3.8, 4) is 11.5 Å². The molecule has 0 saturated heterocycles. The Labute approximate surface area is 173 Å². The van der Waals surface area contributed by atoms with Gasteiger partial charge in [-0.15, -0.1) is 0 Å². The van der Waals surface area contributed by atoms with Crippen LogP contribution in [-0.4, -0.2) is 27.7 Å². The number of aromatic hydroxyl groups is 1. The van der Waals surface area contributed by atoms with Crippen molar-refractivity contribution in [1.82, 2.24) is 9.47 Å². The highest BCUT2D eigenvalue weighted by molar-refractivity contribution is 5.42. The van der Waals surface area contributed by atoms with Crippen LogP contribution in [0.15, 0.2) is 60.8 Å². The molecule has 0 bridgehead atoms. The Morgan fingerprint density at radius 2 is 1.79 bits per heavy atom. The van der Waals surface area contributed by atoms with Crippen LogP contribution in [0.25, 0.3) is 0 Å². The van der Waals surface area contributed by atoms with Crippen LogP contribution in [0, 0.1) is 0 Å². The Balaban J connectivity index is 1.69. The highest BCUT2D eigenvalue weighted by atomic mass is 16.5. The average molecular weight is 391 g/mol. The molecule has 0 radical (unpaired) electrons. The Hall–Kier alpha value is -2.72. The molecule has 0 saturated carbocycles. The SMILES string of the molecule is CCOc1cc(CN2CCCn3cccc3C2c2ccc(CC)cc2)ccc1O. The van der Waals surface area contributed by atoms with Gasteiger partial charge in [0.1, 0.15) is 0 Å². The second-order valence-electron chi connectivity index (χ2n) is 7.68. The van der Waals surface area contributed by atoms with Crippen LogP contribution >= 0.6 is 0 Å².